The Bertz CT molecular complexity index is 722. The quantitative estimate of drug-likeness (QED) is 0.0421. The fraction of sp³-hybridized carbons (Fsp3) is 1.00. The first-order chi connectivity index (χ1) is 34.2. The summed E-state index contributed by atoms with van der Waals surface area (Å²) < 4.78 is 0. The maximum atomic E-state index is 2.34. The minimum absolute atomic E-state index is 1.22. The number of hydrogen-bond donors (Lipinski definition) is 0. The van der Waals surface area contributed by atoms with Crippen LogP contribution in [0.2, 0.25) is 24.2 Å². The molecule has 0 aromatic rings. The summed E-state index contributed by atoms with van der Waals surface area (Å²) in [4.78, 5) is 0. The van der Waals surface area contributed by atoms with Crippen LogP contribution < -0.4 is 0 Å². The monoisotopic (exact) mass is 985 g/mol. The molecule has 0 unspecified atom stereocenters. The molecule has 0 nitrogen and oxygen atoms in total. The van der Waals surface area contributed by atoms with Gasteiger partial charge in [-0.15, -0.1) is 0 Å². The second-order valence-corrected chi connectivity index (χ2v) is 29.3. The summed E-state index contributed by atoms with van der Waals surface area (Å²) in [6, 6.07) is 6.78. The van der Waals surface area contributed by atoms with E-state index in [1.54, 1.807) is 75.5 Å². The van der Waals surface area contributed by atoms with Gasteiger partial charge in [-0.05, 0) is 0 Å². The van der Waals surface area contributed by atoms with Crippen molar-refractivity contribution >= 4 is 8.07 Å². The zero-order valence-electron chi connectivity index (χ0n) is 49.8. The Morgan fingerprint density at radius 2 is 0.203 bits per heavy atom. The lowest BCUT2D eigenvalue weighted by molar-refractivity contribution is 0.530. The van der Waals surface area contributed by atoms with Crippen LogP contribution in [0.5, 0.6) is 0 Å². The molecule has 0 fully saturated rings. The summed E-state index contributed by atoms with van der Waals surface area (Å²) in [5, 5.41) is 0. The number of hydrogen-bond acceptors (Lipinski definition) is 0. The maximum absolute atomic E-state index is 2.34. The van der Waals surface area contributed by atoms with Gasteiger partial charge in [0.05, 0.1) is 8.07 Å². The molecule has 1 heteroatoms. The predicted octanol–water partition coefficient (Wildman–Crippen LogP) is 26.9. The topological polar surface area (TPSA) is 0 Å². The zero-order valence-corrected chi connectivity index (χ0v) is 50.8. The Labute approximate surface area is 443 Å². The van der Waals surface area contributed by atoms with E-state index in [4.69, 9.17) is 0 Å². The van der Waals surface area contributed by atoms with Crippen molar-refractivity contribution in [3.8, 4) is 0 Å². The van der Waals surface area contributed by atoms with Gasteiger partial charge in [0.2, 0.25) is 0 Å². The van der Waals surface area contributed by atoms with Crippen LogP contribution in [0.1, 0.15) is 413 Å². The van der Waals surface area contributed by atoms with Crippen molar-refractivity contribution in [3.05, 3.63) is 0 Å². The van der Waals surface area contributed by atoms with Gasteiger partial charge >= 0.3 is 0 Å². The van der Waals surface area contributed by atoms with Crippen LogP contribution in [0.4, 0.5) is 0 Å². The average Bonchev–Trinajstić information content (AvgIpc) is 3.36. The highest BCUT2D eigenvalue weighted by atomic mass is 28.3. The molecule has 0 radical (unpaired) electrons. The van der Waals surface area contributed by atoms with Gasteiger partial charge < -0.3 is 0 Å². The summed E-state index contributed by atoms with van der Waals surface area (Å²) in [7, 11) is -1.22. The molecule has 0 rings (SSSR count). The largest absolute Gasteiger partial charge is 0.0654 e. The second-order valence-electron chi connectivity index (χ2n) is 24.3. The summed E-state index contributed by atoms with van der Waals surface area (Å²) in [6.07, 6.45) is 89.8. The van der Waals surface area contributed by atoms with E-state index >= 15 is 0 Å². The Hall–Kier alpha value is 0.217. The molecule has 69 heavy (non-hydrogen) atoms. The molecule has 0 saturated heterocycles. The molecule has 0 aromatic heterocycles. The SMILES string of the molecule is CCCCCCCCCCCCCCCCC[Si](CCCCCCCCCCCCCCCCC)(CCCCCCCCCCCCCCCCC)CCCCCCCCCCCCCCCCC. The van der Waals surface area contributed by atoms with Crippen molar-refractivity contribution in [2.24, 2.45) is 0 Å². The summed E-state index contributed by atoms with van der Waals surface area (Å²) in [6.45, 7) is 9.34. The summed E-state index contributed by atoms with van der Waals surface area (Å²) in [5.41, 5.74) is 0. The van der Waals surface area contributed by atoms with E-state index in [1.165, 1.54) is 334 Å². The molecule has 0 aliphatic rings. The molecule has 416 valence electrons. The third-order valence-electron chi connectivity index (χ3n) is 17.2. The minimum Gasteiger partial charge on any atom is -0.0654 e. The van der Waals surface area contributed by atoms with Crippen LogP contribution in [0.25, 0.3) is 0 Å². The van der Waals surface area contributed by atoms with Crippen molar-refractivity contribution in [3.63, 3.8) is 0 Å². The molecule has 0 aromatic carbocycles. The third kappa shape index (κ3) is 57.4. The lowest BCUT2D eigenvalue weighted by Gasteiger charge is -2.33. The smallest absolute Gasteiger partial charge is 0.0535 e. The van der Waals surface area contributed by atoms with Crippen molar-refractivity contribution in [2.45, 2.75) is 437 Å². The van der Waals surface area contributed by atoms with Crippen molar-refractivity contribution in [1.29, 1.82) is 0 Å². The first-order valence-corrected chi connectivity index (χ1v) is 37.1. The van der Waals surface area contributed by atoms with Gasteiger partial charge in [0.15, 0.2) is 0 Å². The van der Waals surface area contributed by atoms with E-state index in [9.17, 15) is 0 Å². The summed E-state index contributed by atoms with van der Waals surface area (Å²) in [5.74, 6) is 0. The Morgan fingerprint density at radius 3 is 0.304 bits per heavy atom. The van der Waals surface area contributed by atoms with E-state index in [2.05, 4.69) is 27.7 Å². The highest BCUT2D eigenvalue weighted by Crippen LogP contribution is 2.35. The lowest BCUT2D eigenvalue weighted by atomic mass is 10.0. The van der Waals surface area contributed by atoms with Crippen LogP contribution in [0.15, 0.2) is 0 Å². The Morgan fingerprint density at radius 1 is 0.116 bits per heavy atom. The first kappa shape index (κ1) is 69.2. The zero-order chi connectivity index (χ0) is 49.8. The average molecular weight is 986 g/mol. The van der Waals surface area contributed by atoms with Crippen LogP contribution in [-0.4, -0.2) is 8.07 Å². The highest BCUT2D eigenvalue weighted by molar-refractivity contribution is 6.79. The molecular weight excluding hydrogens is 845 g/mol. The Kier molecular flexibility index (Phi) is 62.7. The highest BCUT2D eigenvalue weighted by Gasteiger charge is 2.30. The van der Waals surface area contributed by atoms with Gasteiger partial charge in [-0.1, -0.05) is 437 Å². The number of unbranched alkanes of at least 4 members (excludes halogenated alkanes) is 56. The fourth-order valence-electron chi connectivity index (χ4n) is 12.2. The van der Waals surface area contributed by atoms with Gasteiger partial charge in [0.1, 0.15) is 0 Å². The van der Waals surface area contributed by atoms with Gasteiger partial charge in [-0.3, -0.25) is 0 Å². The molecule has 0 amide bonds. The van der Waals surface area contributed by atoms with Gasteiger partial charge in [-0.2, -0.15) is 0 Å². The first-order valence-electron chi connectivity index (χ1n) is 34.2. The summed E-state index contributed by atoms with van der Waals surface area (Å²) >= 11 is 0. The van der Waals surface area contributed by atoms with Crippen LogP contribution in [0, 0.1) is 0 Å². The normalized spacial score (nSPS) is 12.0. The van der Waals surface area contributed by atoms with Crippen molar-refractivity contribution in [1.82, 2.24) is 0 Å². The van der Waals surface area contributed by atoms with E-state index in [0.717, 1.165) is 0 Å². The van der Waals surface area contributed by atoms with E-state index in [0.29, 0.717) is 0 Å². The molecule has 0 spiro atoms. The standard InChI is InChI=1S/C68H140Si/c1-5-9-13-17-21-25-29-33-37-41-45-49-53-57-61-65-69(66-62-58-54-50-46-42-38-34-30-26-22-18-14-10-6-2,67-63-59-55-51-47-43-39-35-31-27-23-19-15-11-7-3)68-64-60-56-52-48-44-40-36-32-28-24-20-16-12-8-4/h5-68H2,1-4H3. The van der Waals surface area contributed by atoms with Gasteiger partial charge in [0.25, 0.3) is 0 Å². The predicted molar refractivity (Wildman–Crippen MR) is 325 cm³/mol. The van der Waals surface area contributed by atoms with Crippen LogP contribution in [0.3, 0.4) is 0 Å². The fourth-order valence-corrected chi connectivity index (χ4v) is 17.7. The molecule has 0 N–H and O–H groups in total. The maximum Gasteiger partial charge on any atom is 0.0535 e. The molecule has 0 aliphatic heterocycles. The molecule has 0 bridgehead atoms. The van der Waals surface area contributed by atoms with Crippen molar-refractivity contribution in [2.75, 3.05) is 0 Å². The molecule has 0 atom stereocenters. The molecule has 0 aliphatic carbocycles. The van der Waals surface area contributed by atoms with Crippen molar-refractivity contribution < 1.29 is 0 Å². The van der Waals surface area contributed by atoms with E-state index in [1.807, 2.05) is 0 Å². The van der Waals surface area contributed by atoms with Gasteiger partial charge in [0, 0.05) is 0 Å². The second kappa shape index (κ2) is 62.5. The van der Waals surface area contributed by atoms with Crippen LogP contribution >= 0.6 is 0 Å². The molecule has 0 saturated carbocycles. The lowest BCUT2D eigenvalue weighted by Crippen LogP contribution is -2.34. The Balaban J connectivity index is 4.95. The van der Waals surface area contributed by atoms with Crippen LogP contribution in [-0.2, 0) is 0 Å². The molecular formula is C68H140Si. The molecule has 0 heterocycles. The third-order valence-corrected chi connectivity index (χ3v) is 22.9. The van der Waals surface area contributed by atoms with Gasteiger partial charge in [-0.25, -0.2) is 0 Å². The number of rotatable bonds is 64. The van der Waals surface area contributed by atoms with E-state index < -0.39 is 8.07 Å². The minimum atomic E-state index is -1.22. The van der Waals surface area contributed by atoms with E-state index in [-0.39, 0.29) is 0 Å².